The van der Waals surface area contributed by atoms with E-state index < -0.39 is 5.97 Å². The quantitative estimate of drug-likeness (QED) is 0.492. The summed E-state index contributed by atoms with van der Waals surface area (Å²) in [6.45, 7) is 4.25. The van der Waals surface area contributed by atoms with Crippen molar-refractivity contribution in [3.63, 3.8) is 0 Å². The average Bonchev–Trinajstić information content (AvgIpc) is 3.20. The molecule has 7 nitrogen and oxygen atoms in total. The highest BCUT2D eigenvalue weighted by molar-refractivity contribution is 5.95. The predicted octanol–water partition coefficient (Wildman–Crippen LogP) is 3.76. The van der Waals surface area contributed by atoms with Gasteiger partial charge in [-0.1, -0.05) is 43.3 Å². The molecule has 3 aromatic rings. The monoisotopic (exact) mass is 435 g/mol. The highest BCUT2D eigenvalue weighted by atomic mass is 16.5. The van der Waals surface area contributed by atoms with Crippen molar-refractivity contribution in [3.05, 3.63) is 66.4 Å². The van der Waals surface area contributed by atoms with Crippen LogP contribution in [0.5, 0.6) is 0 Å². The molecule has 7 heteroatoms. The van der Waals surface area contributed by atoms with E-state index in [0.29, 0.717) is 25.2 Å². The minimum atomic E-state index is -0.447. The van der Waals surface area contributed by atoms with Crippen LogP contribution >= 0.6 is 0 Å². The van der Waals surface area contributed by atoms with Gasteiger partial charge in [-0.3, -0.25) is 14.4 Å². The van der Waals surface area contributed by atoms with Gasteiger partial charge < -0.3 is 19.5 Å². The number of benzene rings is 2. The van der Waals surface area contributed by atoms with Crippen LogP contribution in [0, 0.1) is 6.92 Å². The largest absolute Gasteiger partial charge is 0.456 e. The van der Waals surface area contributed by atoms with E-state index >= 15 is 0 Å². The molecular weight excluding hydrogens is 406 g/mol. The summed E-state index contributed by atoms with van der Waals surface area (Å²) in [5.74, 6) is -1.12. The Morgan fingerprint density at radius 2 is 1.78 bits per heavy atom. The summed E-state index contributed by atoms with van der Waals surface area (Å²) in [6.07, 6.45) is 2.78. The van der Waals surface area contributed by atoms with Gasteiger partial charge in [0, 0.05) is 30.5 Å². The number of amides is 2. The van der Waals surface area contributed by atoms with Gasteiger partial charge in [-0.25, -0.2) is 0 Å². The molecule has 0 bridgehead atoms. The number of anilines is 1. The lowest BCUT2D eigenvalue weighted by Gasteiger charge is -2.21. The number of carbonyl (C=O) groups is 3. The van der Waals surface area contributed by atoms with Crippen molar-refractivity contribution >= 4 is 34.4 Å². The van der Waals surface area contributed by atoms with Crippen molar-refractivity contribution in [2.24, 2.45) is 0 Å². The van der Waals surface area contributed by atoms with E-state index in [2.05, 4.69) is 5.32 Å². The van der Waals surface area contributed by atoms with Gasteiger partial charge in [0.05, 0.1) is 13.0 Å². The Morgan fingerprint density at radius 1 is 1.03 bits per heavy atom. The summed E-state index contributed by atoms with van der Waals surface area (Å²) in [6, 6.07) is 17.4. The zero-order chi connectivity index (χ0) is 22.9. The van der Waals surface area contributed by atoms with E-state index in [-0.39, 0.29) is 31.4 Å². The van der Waals surface area contributed by atoms with Crippen molar-refractivity contribution < 1.29 is 19.1 Å². The zero-order valence-electron chi connectivity index (χ0n) is 18.5. The van der Waals surface area contributed by atoms with E-state index in [1.54, 1.807) is 0 Å². The summed E-state index contributed by atoms with van der Waals surface area (Å²) in [5, 5.41) is 3.93. The van der Waals surface area contributed by atoms with Gasteiger partial charge in [-0.05, 0) is 42.5 Å². The van der Waals surface area contributed by atoms with Gasteiger partial charge in [0.25, 0.3) is 5.91 Å². The minimum absolute atomic E-state index is 0.0894. The molecule has 0 aliphatic carbocycles. The standard InChI is InChI=1S/C25H29N3O4/c1-3-14-28(17-23(29)26-21-10-6-4-8-19(21)2)24(30)18-32-25(31)13-16-27-15-12-20-9-5-7-11-22(20)27/h4-12,15H,3,13-14,16-18H2,1-2H3,(H,26,29). The molecule has 32 heavy (non-hydrogen) atoms. The van der Waals surface area contributed by atoms with Crippen LogP contribution in [-0.2, 0) is 25.7 Å². The Hall–Kier alpha value is -3.61. The molecule has 0 atom stereocenters. The molecule has 0 aliphatic rings. The Balaban J connectivity index is 1.47. The normalized spacial score (nSPS) is 10.7. The third kappa shape index (κ3) is 6.20. The van der Waals surface area contributed by atoms with Gasteiger partial charge >= 0.3 is 5.97 Å². The van der Waals surface area contributed by atoms with Crippen molar-refractivity contribution in [2.45, 2.75) is 33.2 Å². The molecule has 0 aliphatic heterocycles. The van der Waals surface area contributed by atoms with Gasteiger partial charge in [-0.15, -0.1) is 0 Å². The average molecular weight is 436 g/mol. The molecule has 168 valence electrons. The molecular formula is C25H29N3O4. The first-order valence-corrected chi connectivity index (χ1v) is 10.8. The molecule has 1 heterocycles. The number of nitrogens with one attached hydrogen (secondary N) is 1. The van der Waals surface area contributed by atoms with Gasteiger partial charge in [0.1, 0.15) is 0 Å². The third-order valence-corrected chi connectivity index (χ3v) is 5.19. The molecule has 1 N–H and O–H groups in total. The summed E-state index contributed by atoms with van der Waals surface area (Å²) in [5.41, 5.74) is 2.70. The second-order valence-electron chi connectivity index (χ2n) is 7.66. The second kappa shape index (κ2) is 11.1. The molecule has 0 saturated heterocycles. The Kier molecular flexibility index (Phi) is 8.02. The van der Waals surface area contributed by atoms with Crippen LogP contribution in [0.15, 0.2) is 60.8 Å². The SMILES string of the molecule is CCCN(CC(=O)Nc1ccccc1C)C(=O)COC(=O)CCn1ccc2ccccc21. The number of carbonyl (C=O) groups excluding carboxylic acids is 3. The lowest BCUT2D eigenvalue weighted by Crippen LogP contribution is -2.40. The first kappa shape index (κ1) is 23.1. The highest BCUT2D eigenvalue weighted by Gasteiger charge is 2.18. The van der Waals surface area contributed by atoms with Crippen molar-refractivity contribution in [2.75, 3.05) is 25.0 Å². The second-order valence-corrected chi connectivity index (χ2v) is 7.66. The van der Waals surface area contributed by atoms with Gasteiger partial charge in [0.15, 0.2) is 6.61 Å². The fourth-order valence-corrected chi connectivity index (χ4v) is 3.49. The number of fused-ring (bicyclic) bond motifs is 1. The minimum Gasteiger partial charge on any atom is -0.456 e. The molecule has 0 fully saturated rings. The fourth-order valence-electron chi connectivity index (χ4n) is 3.49. The van der Waals surface area contributed by atoms with E-state index in [0.717, 1.165) is 16.5 Å². The predicted molar refractivity (Wildman–Crippen MR) is 124 cm³/mol. The Morgan fingerprint density at radius 3 is 2.56 bits per heavy atom. The van der Waals surface area contributed by atoms with Crippen molar-refractivity contribution in [1.82, 2.24) is 9.47 Å². The van der Waals surface area contributed by atoms with Crippen LogP contribution in [0.25, 0.3) is 10.9 Å². The molecule has 0 unspecified atom stereocenters. The van der Waals surface area contributed by atoms with Crippen molar-refractivity contribution in [1.29, 1.82) is 0 Å². The maximum absolute atomic E-state index is 12.6. The highest BCUT2D eigenvalue weighted by Crippen LogP contribution is 2.15. The third-order valence-electron chi connectivity index (χ3n) is 5.19. The first-order valence-electron chi connectivity index (χ1n) is 10.8. The number of rotatable bonds is 10. The Labute approximate surface area is 188 Å². The van der Waals surface area contributed by atoms with Crippen LogP contribution in [0.4, 0.5) is 5.69 Å². The molecule has 0 radical (unpaired) electrons. The number of para-hydroxylation sites is 2. The van der Waals surface area contributed by atoms with Gasteiger partial charge in [-0.2, -0.15) is 0 Å². The summed E-state index contributed by atoms with van der Waals surface area (Å²) in [4.78, 5) is 38.6. The van der Waals surface area contributed by atoms with Crippen LogP contribution in [0.2, 0.25) is 0 Å². The molecule has 1 aromatic heterocycles. The summed E-state index contributed by atoms with van der Waals surface area (Å²) < 4.78 is 7.17. The lowest BCUT2D eigenvalue weighted by molar-refractivity contribution is -0.152. The zero-order valence-corrected chi connectivity index (χ0v) is 18.5. The van der Waals surface area contributed by atoms with E-state index in [1.165, 1.54) is 4.90 Å². The molecule has 2 aromatic carbocycles. The number of nitrogens with zero attached hydrogens (tertiary/aromatic N) is 2. The van der Waals surface area contributed by atoms with Crippen LogP contribution in [0.1, 0.15) is 25.3 Å². The number of hydrogen-bond donors (Lipinski definition) is 1. The summed E-state index contributed by atoms with van der Waals surface area (Å²) in [7, 11) is 0. The Bertz CT molecular complexity index is 1090. The van der Waals surface area contributed by atoms with E-state index in [9.17, 15) is 14.4 Å². The van der Waals surface area contributed by atoms with Gasteiger partial charge in [0.2, 0.25) is 5.91 Å². The van der Waals surface area contributed by atoms with Crippen LogP contribution in [0.3, 0.4) is 0 Å². The van der Waals surface area contributed by atoms with Crippen LogP contribution < -0.4 is 5.32 Å². The van der Waals surface area contributed by atoms with Crippen molar-refractivity contribution in [3.8, 4) is 0 Å². The fraction of sp³-hybridized carbons (Fsp3) is 0.320. The smallest absolute Gasteiger partial charge is 0.308 e. The number of aromatic nitrogens is 1. The van der Waals surface area contributed by atoms with E-state index in [1.807, 2.05) is 79.2 Å². The molecule has 3 rings (SSSR count). The lowest BCUT2D eigenvalue weighted by atomic mass is 10.2. The number of esters is 1. The maximum Gasteiger partial charge on any atom is 0.308 e. The summed E-state index contributed by atoms with van der Waals surface area (Å²) >= 11 is 0. The first-order chi connectivity index (χ1) is 15.5. The van der Waals surface area contributed by atoms with Crippen LogP contribution in [-0.4, -0.2) is 46.9 Å². The topological polar surface area (TPSA) is 80.6 Å². The number of hydrogen-bond acceptors (Lipinski definition) is 4. The maximum atomic E-state index is 12.6. The molecule has 0 saturated carbocycles. The molecule has 2 amide bonds. The van der Waals surface area contributed by atoms with E-state index in [4.69, 9.17) is 4.74 Å². The number of ether oxygens (including phenoxy) is 1. The molecule has 0 spiro atoms. The number of aryl methyl sites for hydroxylation is 2.